The van der Waals surface area contributed by atoms with E-state index in [9.17, 15) is 60.8 Å². The summed E-state index contributed by atoms with van der Waals surface area (Å²) in [6.45, 7) is 7.93. The number of aliphatic hydroxyl groups is 2. The molecule has 0 aromatic carbocycles. The third-order valence-electron chi connectivity index (χ3n) is 12.0. The molecular formula is C31H44K2O18S2. The Balaban J connectivity index is 0.00000378. The van der Waals surface area contributed by atoms with E-state index in [1.807, 2.05) is 0 Å². The van der Waals surface area contributed by atoms with Crippen molar-refractivity contribution in [2.45, 2.75) is 115 Å². The third-order valence-corrected chi connectivity index (χ3v) is 12.9. The second-order valence-corrected chi connectivity index (χ2v) is 17.3. The van der Waals surface area contributed by atoms with E-state index in [4.69, 9.17) is 14.2 Å². The van der Waals surface area contributed by atoms with E-state index in [1.165, 1.54) is 0 Å². The molecule has 22 heteroatoms. The molecule has 5 rings (SSSR count). The number of esters is 1. The molecule has 0 aromatic heterocycles. The van der Waals surface area contributed by atoms with Crippen LogP contribution in [0, 0.1) is 39.9 Å². The van der Waals surface area contributed by atoms with Gasteiger partial charge in [0.25, 0.3) is 0 Å². The molecule has 5 fully saturated rings. The zero-order valence-corrected chi connectivity index (χ0v) is 38.1. The van der Waals surface area contributed by atoms with Crippen molar-refractivity contribution in [3.63, 3.8) is 0 Å². The molecule has 18 nitrogen and oxygen atoms in total. The van der Waals surface area contributed by atoms with E-state index >= 15 is 0 Å². The number of carboxylic acid groups (broad SMARTS) is 2. The van der Waals surface area contributed by atoms with Crippen molar-refractivity contribution in [1.82, 2.24) is 0 Å². The Morgan fingerprint density at radius 1 is 0.925 bits per heavy atom. The summed E-state index contributed by atoms with van der Waals surface area (Å²) < 4.78 is 97.0. The van der Waals surface area contributed by atoms with Crippen LogP contribution in [-0.2, 0) is 57.8 Å². The number of carbonyl (C=O) groups is 3. The molecule has 0 aromatic rings. The molecule has 5 aliphatic rings. The molecule has 53 heavy (non-hydrogen) atoms. The number of aliphatic carboxylic acids is 2. The Kier molecular flexibility index (Phi) is 16.1. The van der Waals surface area contributed by atoms with Gasteiger partial charge in [-0.05, 0) is 73.2 Å². The summed E-state index contributed by atoms with van der Waals surface area (Å²) in [5, 5.41) is 42.9. The van der Waals surface area contributed by atoms with Crippen molar-refractivity contribution < 1.29 is 186 Å². The topological polar surface area (TPSA) is 293 Å². The van der Waals surface area contributed by atoms with Gasteiger partial charge in [-0.25, -0.2) is 16.8 Å². The predicted molar refractivity (Wildman–Crippen MR) is 165 cm³/mol. The summed E-state index contributed by atoms with van der Waals surface area (Å²) in [6.07, 6.45) is -12.0. The number of fused-ring (bicyclic) bond motifs is 3. The van der Waals surface area contributed by atoms with Crippen LogP contribution < -0.4 is 103 Å². The fourth-order valence-electron chi connectivity index (χ4n) is 10.3. The molecule has 4 saturated carbocycles. The minimum Gasteiger partial charge on any atom is -0.726 e. The first-order chi connectivity index (χ1) is 23.5. The Bertz CT molecular complexity index is 1630. The first-order valence-electron chi connectivity index (χ1n) is 16.7. The zero-order chi connectivity index (χ0) is 38.1. The molecular weight excluding hydrogens is 803 g/mol. The minimum atomic E-state index is -5.78. The van der Waals surface area contributed by atoms with E-state index < -0.39 is 123 Å². The SMILES string of the molecule is C=C1[C@H]2CC[C@@H]3[C@@](CCC4C(C(=O)O)(C(=O)O)C[C@@H](O[C@@H]5O[C@H](CO)[C@@H](OS(=O)(=O)[O-])[C@H](OS(=O)(=O)[O-])[C@H]5OC(=O)CC(C)C)C[C@@]43C)(C2)[C@H]1O.[K+].[K+]. The molecule has 1 unspecified atom stereocenters. The van der Waals surface area contributed by atoms with Gasteiger partial charge in [0.1, 0.15) is 18.3 Å². The molecule has 1 heterocycles. The molecule has 2 bridgehead atoms. The van der Waals surface area contributed by atoms with Crippen LogP contribution >= 0.6 is 0 Å². The molecule has 0 amide bonds. The molecule has 4 N–H and O–H groups in total. The Morgan fingerprint density at radius 3 is 2.04 bits per heavy atom. The van der Waals surface area contributed by atoms with E-state index in [-0.39, 0.29) is 134 Å². The van der Waals surface area contributed by atoms with Crippen molar-refractivity contribution in [2.75, 3.05) is 6.61 Å². The smallest absolute Gasteiger partial charge is 0.726 e. The second kappa shape index (κ2) is 17.7. The van der Waals surface area contributed by atoms with Gasteiger partial charge < -0.3 is 43.7 Å². The Morgan fingerprint density at radius 2 is 1.51 bits per heavy atom. The van der Waals surface area contributed by atoms with Gasteiger partial charge >= 0.3 is 121 Å². The fourth-order valence-corrected chi connectivity index (χ4v) is 11.3. The second-order valence-electron chi connectivity index (χ2n) is 15.3. The zero-order valence-electron chi connectivity index (χ0n) is 30.2. The number of aliphatic hydroxyl groups excluding tert-OH is 2. The first-order valence-corrected chi connectivity index (χ1v) is 19.4. The van der Waals surface area contributed by atoms with Crippen LogP contribution in [-0.4, -0.2) is 114 Å². The van der Waals surface area contributed by atoms with E-state index in [2.05, 4.69) is 14.9 Å². The van der Waals surface area contributed by atoms with Crippen LogP contribution in [0.3, 0.4) is 0 Å². The van der Waals surface area contributed by atoms with Crippen LogP contribution in [0.1, 0.15) is 72.1 Å². The summed E-state index contributed by atoms with van der Waals surface area (Å²) in [6, 6.07) is 0. The quantitative estimate of drug-likeness (QED) is 0.0271. The van der Waals surface area contributed by atoms with Gasteiger partial charge in [-0.1, -0.05) is 27.4 Å². The third kappa shape index (κ3) is 9.42. The fraction of sp³-hybridized carbons (Fsp3) is 0.839. The monoisotopic (exact) mass is 846 g/mol. The van der Waals surface area contributed by atoms with Crippen LogP contribution in [0.4, 0.5) is 0 Å². The molecule has 1 spiro atoms. The maximum atomic E-state index is 13.1. The number of carboxylic acids is 2. The number of ether oxygens (including phenoxy) is 3. The minimum absolute atomic E-state index is 0. The van der Waals surface area contributed by atoms with E-state index in [1.54, 1.807) is 20.8 Å². The summed E-state index contributed by atoms with van der Waals surface area (Å²) in [7, 11) is -11.5. The van der Waals surface area contributed by atoms with Crippen LogP contribution in [0.5, 0.6) is 0 Å². The summed E-state index contributed by atoms with van der Waals surface area (Å²) in [5.41, 5.74) is -3.58. The maximum Gasteiger partial charge on any atom is 1.00 e. The normalized spacial score (nSPS) is 39.1. The van der Waals surface area contributed by atoms with Crippen molar-refractivity contribution in [3.05, 3.63) is 12.2 Å². The van der Waals surface area contributed by atoms with Crippen molar-refractivity contribution in [2.24, 2.45) is 39.9 Å². The first kappa shape index (κ1) is 48.4. The predicted octanol–water partition coefficient (Wildman–Crippen LogP) is -5.56. The van der Waals surface area contributed by atoms with Gasteiger partial charge in [0.05, 0.1) is 18.8 Å². The van der Waals surface area contributed by atoms with Gasteiger partial charge in [0, 0.05) is 18.3 Å². The molecule has 1 saturated heterocycles. The summed E-state index contributed by atoms with van der Waals surface area (Å²) in [4.78, 5) is 39.2. The molecule has 0 radical (unpaired) electrons. The molecule has 1 aliphatic heterocycles. The Labute approximate surface area is 393 Å². The number of rotatable bonds is 12. The average molecular weight is 847 g/mol. The van der Waals surface area contributed by atoms with Gasteiger partial charge in [-0.15, -0.1) is 0 Å². The number of carbonyl (C=O) groups excluding carboxylic acids is 1. The standard InChI is InChI=1S/C31H46O18S2.2K/c1-14(2)9-21(33)47-24-23(49-51(42,43)44)22(48-50(39,40)41)18(13-32)46-26(24)45-17-11-29(4)19-6-5-16-10-30(19,25(34)15(16)3)8-7-20(29)31(12-17,27(35)36)28(37)38;;/h14,16-20,22-26,32,34H,3,5-13H2,1-2,4H3,(H,35,36)(H,37,38)(H,39,40,41)(H,42,43,44);;/q;2*+1/p-2/t16-,17-,18+,19-,20?,22+,23-,24+,25-,26+,29+,30+;;/m0../s1. The maximum absolute atomic E-state index is 13.1. The van der Waals surface area contributed by atoms with Crippen LogP contribution in [0.2, 0.25) is 0 Å². The van der Waals surface area contributed by atoms with Crippen LogP contribution in [0.25, 0.3) is 0 Å². The number of hydrogen-bond donors (Lipinski definition) is 4. The summed E-state index contributed by atoms with van der Waals surface area (Å²) >= 11 is 0. The Hall–Kier alpha value is 1.00. The molecule has 290 valence electrons. The van der Waals surface area contributed by atoms with Crippen molar-refractivity contribution >= 4 is 38.7 Å². The number of hydrogen-bond acceptors (Lipinski definition) is 16. The molecule has 12 atom stereocenters. The summed E-state index contributed by atoms with van der Waals surface area (Å²) in [5.74, 6) is -5.97. The van der Waals surface area contributed by atoms with Gasteiger partial charge in [0.15, 0.2) is 17.8 Å². The van der Waals surface area contributed by atoms with Gasteiger partial charge in [-0.2, -0.15) is 0 Å². The van der Waals surface area contributed by atoms with Gasteiger partial charge in [-0.3, -0.25) is 22.7 Å². The largest absolute Gasteiger partial charge is 1.00 e. The van der Waals surface area contributed by atoms with E-state index in [0.29, 0.717) is 31.3 Å². The van der Waals surface area contributed by atoms with Gasteiger partial charge in [0.2, 0.25) is 20.8 Å². The van der Waals surface area contributed by atoms with E-state index in [0.717, 1.165) is 0 Å². The van der Waals surface area contributed by atoms with Crippen molar-refractivity contribution in [3.8, 4) is 0 Å². The van der Waals surface area contributed by atoms with Crippen molar-refractivity contribution in [1.29, 1.82) is 0 Å². The average Bonchev–Trinajstić information content (AvgIpc) is 3.16. The molecule has 4 aliphatic carbocycles. The van der Waals surface area contributed by atoms with Crippen LogP contribution in [0.15, 0.2) is 12.2 Å².